The zero-order valence-corrected chi connectivity index (χ0v) is 16.5. The standard InChI is InChI=1S/C21H26FN5O2/c1-2-12(5-6-28)20-23-8-18-21(29)24-19(25-27(18)20)11-26-9-13(10-26)14-3-4-17(22)16-7-15(14)16/h3-4,8,12-13,15-16,28H,2,5-7,9-11H2,1H3,(H,24,25,29). The van der Waals surface area contributed by atoms with Crippen molar-refractivity contribution in [3.63, 3.8) is 0 Å². The maximum atomic E-state index is 13.6. The van der Waals surface area contributed by atoms with Gasteiger partial charge in [-0.3, -0.25) is 9.69 Å². The van der Waals surface area contributed by atoms with Gasteiger partial charge in [0.25, 0.3) is 5.56 Å². The Hall–Kier alpha value is -2.32. The first-order valence-electron chi connectivity index (χ1n) is 10.5. The van der Waals surface area contributed by atoms with Crippen LogP contribution in [0.4, 0.5) is 4.39 Å². The monoisotopic (exact) mass is 399 g/mol. The van der Waals surface area contributed by atoms with E-state index < -0.39 is 0 Å². The molecule has 3 unspecified atom stereocenters. The van der Waals surface area contributed by atoms with Crippen LogP contribution in [0.3, 0.4) is 0 Å². The van der Waals surface area contributed by atoms with Crippen molar-refractivity contribution >= 4 is 5.52 Å². The van der Waals surface area contributed by atoms with Crippen LogP contribution < -0.4 is 5.56 Å². The fraction of sp³-hybridized carbons (Fsp3) is 0.571. The van der Waals surface area contributed by atoms with Gasteiger partial charge >= 0.3 is 0 Å². The lowest BCUT2D eigenvalue weighted by atomic mass is 9.85. The fourth-order valence-corrected chi connectivity index (χ4v) is 4.83. The minimum atomic E-state index is -0.193. The van der Waals surface area contributed by atoms with E-state index in [0.29, 0.717) is 36.1 Å². The predicted molar refractivity (Wildman–Crippen MR) is 106 cm³/mol. The molecule has 5 rings (SSSR count). The van der Waals surface area contributed by atoms with Gasteiger partial charge in [-0.25, -0.2) is 13.9 Å². The number of hydrogen-bond acceptors (Lipinski definition) is 5. The van der Waals surface area contributed by atoms with E-state index in [1.807, 2.05) is 13.0 Å². The molecule has 0 radical (unpaired) electrons. The number of rotatable bonds is 7. The average Bonchev–Trinajstić information content (AvgIpc) is 3.38. The number of aliphatic hydroxyl groups excluding tert-OH is 1. The quantitative estimate of drug-likeness (QED) is 0.745. The highest BCUT2D eigenvalue weighted by atomic mass is 19.1. The summed E-state index contributed by atoms with van der Waals surface area (Å²) in [6.07, 6.45) is 7.53. The molecular formula is C21H26FN5O2. The number of H-pyrrole nitrogens is 1. The van der Waals surface area contributed by atoms with E-state index in [1.165, 1.54) is 5.57 Å². The first kappa shape index (κ1) is 18.7. The van der Waals surface area contributed by atoms with Crippen molar-refractivity contribution in [2.24, 2.45) is 17.8 Å². The Morgan fingerprint density at radius 3 is 2.93 bits per heavy atom. The molecule has 3 aliphatic rings. The first-order chi connectivity index (χ1) is 14.1. The Kier molecular flexibility index (Phi) is 4.63. The second-order valence-corrected chi connectivity index (χ2v) is 8.49. The molecule has 2 aliphatic carbocycles. The zero-order valence-electron chi connectivity index (χ0n) is 16.5. The summed E-state index contributed by atoms with van der Waals surface area (Å²) >= 11 is 0. The van der Waals surface area contributed by atoms with E-state index in [4.69, 9.17) is 0 Å². The van der Waals surface area contributed by atoms with Crippen LogP contribution in [0.25, 0.3) is 5.52 Å². The van der Waals surface area contributed by atoms with Crippen LogP contribution >= 0.6 is 0 Å². The Balaban J connectivity index is 1.31. The van der Waals surface area contributed by atoms with Crippen LogP contribution in [0.1, 0.15) is 43.8 Å². The fourth-order valence-electron chi connectivity index (χ4n) is 4.83. The van der Waals surface area contributed by atoms with Crippen molar-refractivity contribution in [2.75, 3.05) is 19.7 Å². The number of fused-ring (bicyclic) bond motifs is 2. The summed E-state index contributed by atoms with van der Waals surface area (Å²) in [5, 5.41) is 14.0. The van der Waals surface area contributed by atoms with Gasteiger partial charge in [0, 0.05) is 37.5 Å². The molecule has 2 aromatic heterocycles. The van der Waals surface area contributed by atoms with Gasteiger partial charge in [-0.2, -0.15) is 5.10 Å². The van der Waals surface area contributed by atoms with Crippen LogP contribution in [0.5, 0.6) is 0 Å². The SMILES string of the molecule is CCC(CCO)c1ncc2c(=O)[nH]c(CN3CC(C4=CC=C(F)C5CC45)C3)nn12. The van der Waals surface area contributed by atoms with E-state index in [-0.39, 0.29) is 29.8 Å². The topological polar surface area (TPSA) is 86.5 Å². The summed E-state index contributed by atoms with van der Waals surface area (Å²) in [6, 6.07) is 0. The number of halogens is 1. The summed E-state index contributed by atoms with van der Waals surface area (Å²) < 4.78 is 15.2. The summed E-state index contributed by atoms with van der Waals surface area (Å²) in [6.45, 7) is 4.51. The average molecular weight is 399 g/mol. The van der Waals surface area contributed by atoms with E-state index in [9.17, 15) is 14.3 Å². The van der Waals surface area contributed by atoms with Crippen LogP contribution in [0.15, 0.2) is 34.5 Å². The van der Waals surface area contributed by atoms with Crippen molar-refractivity contribution in [3.05, 3.63) is 51.8 Å². The minimum absolute atomic E-state index is 0.0349. The van der Waals surface area contributed by atoms with Gasteiger partial charge < -0.3 is 10.1 Å². The van der Waals surface area contributed by atoms with Crippen LogP contribution in [-0.4, -0.2) is 49.3 Å². The minimum Gasteiger partial charge on any atom is -0.396 e. The Morgan fingerprint density at radius 1 is 1.34 bits per heavy atom. The number of hydrogen-bond donors (Lipinski definition) is 2. The van der Waals surface area contributed by atoms with Crippen molar-refractivity contribution in [3.8, 4) is 0 Å². The molecule has 3 atom stereocenters. The van der Waals surface area contributed by atoms with E-state index >= 15 is 0 Å². The first-order valence-corrected chi connectivity index (χ1v) is 10.5. The summed E-state index contributed by atoms with van der Waals surface area (Å²) in [5.41, 5.74) is 1.62. The molecule has 1 saturated heterocycles. The van der Waals surface area contributed by atoms with Crippen LogP contribution in [-0.2, 0) is 6.54 Å². The number of aliphatic hydroxyl groups is 1. The van der Waals surface area contributed by atoms with E-state index in [2.05, 4.69) is 20.0 Å². The van der Waals surface area contributed by atoms with Gasteiger partial charge in [-0.15, -0.1) is 0 Å². The van der Waals surface area contributed by atoms with Crippen molar-refractivity contribution < 1.29 is 9.50 Å². The lowest BCUT2D eigenvalue weighted by Crippen LogP contribution is -2.47. The van der Waals surface area contributed by atoms with Gasteiger partial charge in [0.05, 0.1) is 12.7 Å². The van der Waals surface area contributed by atoms with Gasteiger partial charge in [0.15, 0.2) is 5.52 Å². The molecule has 0 bridgehead atoms. The normalized spacial score (nSPS) is 25.3. The molecule has 0 aromatic carbocycles. The Morgan fingerprint density at radius 2 is 2.17 bits per heavy atom. The Labute approximate surface area is 168 Å². The largest absolute Gasteiger partial charge is 0.396 e. The van der Waals surface area contributed by atoms with Gasteiger partial charge in [0.2, 0.25) is 0 Å². The number of nitrogens with one attached hydrogen (secondary N) is 1. The van der Waals surface area contributed by atoms with Crippen molar-refractivity contribution in [1.82, 2.24) is 24.5 Å². The number of aromatic nitrogens is 4. The number of nitrogens with zero attached hydrogens (tertiary/aromatic N) is 4. The maximum Gasteiger partial charge on any atom is 0.276 e. The molecule has 0 spiro atoms. The van der Waals surface area contributed by atoms with Gasteiger partial charge in [-0.1, -0.05) is 18.6 Å². The second kappa shape index (κ2) is 7.18. The molecular weight excluding hydrogens is 373 g/mol. The number of likely N-dealkylation sites (tertiary alicyclic amines) is 1. The molecule has 2 fully saturated rings. The van der Waals surface area contributed by atoms with E-state index in [1.54, 1.807) is 16.8 Å². The lowest BCUT2D eigenvalue weighted by Gasteiger charge is -2.41. The maximum absolute atomic E-state index is 13.6. The highest BCUT2D eigenvalue weighted by Gasteiger charge is 2.48. The summed E-state index contributed by atoms with van der Waals surface area (Å²) in [5.74, 6) is 2.46. The highest BCUT2D eigenvalue weighted by Crippen LogP contribution is 2.54. The van der Waals surface area contributed by atoms with Crippen LogP contribution in [0.2, 0.25) is 0 Å². The Bertz CT molecular complexity index is 1050. The zero-order chi connectivity index (χ0) is 20.1. The van der Waals surface area contributed by atoms with Gasteiger partial charge in [-0.05, 0) is 31.3 Å². The van der Waals surface area contributed by atoms with Crippen LogP contribution in [0, 0.1) is 17.8 Å². The predicted octanol–water partition coefficient (Wildman–Crippen LogP) is 2.15. The molecule has 0 amide bonds. The molecule has 2 N–H and O–H groups in total. The lowest BCUT2D eigenvalue weighted by molar-refractivity contribution is 0.107. The second-order valence-electron chi connectivity index (χ2n) is 8.49. The molecule has 1 saturated carbocycles. The van der Waals surface area contributed by atoms with E-state index in [0.717, 1.165) is 31.8 Å². The molecule has 29 heavy (non-hydrogen) atoms. The van der Waals surface area contributed by atoms with Crippen molar-refractivity contribution in [2.45, 2.75) is 38.6 Å². The molecule has 8 heteroatoms. The number of imidazole rings is 1. The molecule has 3 heterocycles. The number of allylic oxidation sites excluding steroid dienone is 3. The third-order valence-electron chi connectivity index (χ3n) is 6.62. The van der Waals surface area contributed by atoms with Gasteiger partial charge in [0.1, 0.15) is 17.5 Å². The third-order valence-corrected chi connectivity index (χ3v) is 6.62. The molecule has 7 nitrogen and oxygen atoms in total. The smallest absolute Gasteiger partial charge is 0.276 e. The number of aromatic amines is 1. The molecule has 154 valence electrons. The third kappa shape index (κ3) is 3.24. The molecule has 1 aliphatic heterocycles. The van der Waals surface area contributed by atoms with Crippen molar-refractivity contribution in [1.29, 1.82) is 0 Å². The molecule has 2 aromatic rings. The highest BCUT2D eigenvalue weighted by molar-refractivity contribution is 5.42. The summed E-state index contributed by atoms with van der Waals surface area (Å²) in [7, 11) is 0. The summed E-state index contributed by atoms with van der Waals surface area (Å²) in [4.78, 5) is 22.0.